The minimum Gasteiger partial charge on any atom is -0.460 e. The lowest BCUT2D eigenvalue weighted by Crippen LogP contribution is -2.40. The van der Waals surface area contributed by atoms with E-state index >= 15 is 0 Å². The Bertz CT molecular complexity index is 399. The normalized spacial score (nSPS) is 33.3. The highest BCUT2D eigenvalue weighted by atomic mass is 16.6. The lowest BCUT2D eigenvalue weighted by Gasteiger charge is -2.35. The van der Waals surface area contributed by atoms with Gasteiger partial charge in [0.15, 0.2) is 0 Å². The summed E-state index contributed by atoms with van der Waals surface area (Å²) in [6.45, 7) is 7.96. The van der Waals surface area contributed by atoms with Gasteiger partial charge in [0, 0.05) is 11.8 Å². The molecule has 2 atom stereocenters. The average molecular weight is 308 g/mol. The fraction of sp³-hybridized carbons (Fsp3) is 0.895. The quantitative estimate of drug-likeness (QED) is 0.719. The van der Waals surface area contributed by atoms with Crippen LogP contribution < -0.4 is 0 Å². The molecule has 0 aromatic rings. The molecule has 0 aromatic heterocycles. The molecule has 0 radical (unpaired) electrons. The van der Waals surface area contributed by atoms with Gasteiger partial charge in [-0.3, -0.25) is 9.59 Å². The van der Waals surface area contributed by atoms with E-state index in [0.29, 0.717) is 5.78 Å². The van der Waals surface area contributed by atoms with Gasteiger partial charge < -0.3 is 4.74 Å². The predicted molar refractivity (Wildman–Crippen MR) is 87.4 cm³/mol. The molecule has 0 bridgehead atoms. The van der Waals surface area contributed by atoms with Crippen LogP contribution in [0.5, 0.6) is 0 Å². The molecule has 3 heteroatoms. The van der Waals surface area contributed by atoms with Gasteiger partial charge >= 0.3 is 5.97 Å². The molecular weight excluding hydrogens is 276 g/mol. The summed E-state index contributed by atoms with van der Waals surface area (Å²) in [6.07, 6.45) is 8.12. The third-order valence-corrected chi connectivity index (χ3v) is 5.26. The highest BCUT2D eigenvalue weighted by Crippen LogP contribution is 2.38. The standard InChI is InChI=1S/C19H32O3/c1-13-9-11-14(12-10-13)17(20)15-7-5-6-8-16(15)18(21)22-19(2,3)4/h13-16H,5-12H2,1-4H3/t13?,14?,15-,16-/m1/s1. The number of hydrogen-bond donors (Lipinski definition) is 0. The van der Waals surface area contributed by atoms with Gasteiger partial charge in [0.05, 0.1) is 5.92 Å². The Morgan fingerprint density at radius 1 is 0.864 bits per heavy atom. The van der Waals surface area contributed by atoms with Gasteiger partial charge in [0.25, 0.3) is 0 Å². The summed E-state index contributed by atoms with van der Waals surface area (Å²) in [6, 6.07) is 0. The largest absolute Gasteiger partial charge is 0.460 e. The minimum atomic E-state index is -0.470. The average Bonchev–Trinajstić information content (AvgIpc) is 2.45. The number of carbonyl (C=O) groups is 2. The van der Waals surface area contributed by atoms with Crippen LogP contribution in [0.4, 0.5) is 0 Å². The maximum Gasteiger partial charge on any atom is 0.310 e. The van der Waals surface area contributed by atoms with Gasteiger partial charge in [0.1, 0.15) is 11.4 Å². The molecule has 0 unspecified atom stereocenters. The van der Waals surface area contributed by atoms with Crippen LogP contribution in [0.3, 0.4) is 0 Å². The summed E-state index contributed by atoms with van der Waals surface area (Å²) in [5.74, 6) is 0.820. The Hall–Kier alpha value is -0.860. The molecule has 126 valence electrons. The van der Waals surface area contributed by atoms with Crippen molar-refractivity contribution in [2.24, 2.45) is 23.7 Å². The Kier molecular flexibility index (Phi) is 5.68. The maximum atomic E-state index is 12.9. The zero-order valence-electron chi connectivity index (χ0n) is 14.7. The van der Waals surface area contributed by atoms with Crippen molar-refractivity contribution in [3.05, 3.63) is 0 Å². The van der Waals surface area contributed by atoms with Crippen molar-refractivity contribution in [1.29, 1.82) is 0 Å². The van der Waals surface area contributed by atoms with Crippen molar-refractivity contribution in [1.82, 2.24) is 0 Å². The summed E-state index contributed by atoms with van der Waals surface area (Å²) in [4.78, 5) is 25.4. The van der Waals surface area contributed by atoms with E-state index in [-0.39, 0.29) is 23.7 Å². The van der Waals surface area contributed by atoms with E-state index in [2.05, 4.69) is 6.92 Å². The molecule has 0 aromatic carbocycles. The first-order valence-corrected chi connectivity index (χ1v) is 9.04. The first-order valence-electron chi connectivity index (χ1n) is 9.04. The van der Waals surface area contributed by atoms with Crippen molar-refractivity contribution >= 4 is 11.8 Å². The fourth-order valence-electron chi connectivity index (χ4n) is 3.98. The molecule has 2 aliphatic carbocycles. The molecule has 0 saturated heterocycles. The fourth-order valence-corrected chi connectivity index (χ4v) is 3.98. The molecule has 22 heavy (non-hydrogen) atoms. The molecule has 2 saturated carbocycles. The van der Waals surface area contributed by atoms with Crippen LogP contribution in [0.15, 0.2) is 0 Å². The van der Waals surface area contributed by atoms with E-state index in [1.54, 1.807) is 0 Å². The van der Waals surface area contributed by atoms with Crippen molar-refractivity contribution in [2.45, 2.75) is 84.7 Å². The topological polar surface area (TPSA) is 43.4 Å². The molecule has 0 aliphatic heterocycles. The molecule has 0 amide bonds. The van der Waals surface area contributed by atoms with Crippen molar-refractivity contribution in [3.63, 3.8) is 0 Å². The maximum absolute atomic E-state index is 12.9. The minimum absolute atomic E-state index is 0.0954. The van der Waals surface area contributed by atoms with Gasteiger partial charge in [-0.25, -0.2) is 0 Å². The van der Waals surface area contributed by atoms with Crippen molar-refractivity contribution < 1.29 is 14.3 Å². The lowest BCUT2D eigenvalue weighted by molar-refractivity contribution is -0.165. The molecular formula is C19H32O3. The Morgan fingerprint density at radius 2 is 1.41 bits per heavy atom. The second-order valence-electron chi connectivity index (χ2n) is 8.39. The summed E-state index contributed by atoms with van der Waals surface area (Å²) >= 11 is 0. The lowest BCUT2D eigenvalue weighted by atomic mass is 9.70. The molecule has 0 N–H and O–H groups in total. The summed E-state index contributed by atoms with van der Waals surface area (Å²) in [5.41, 5.74) is -0.470. The highest BCUT2D eigenvalue weighted by molar-refractivity contribution is 5.88. The van der Waals surface area contributed by atoms with Gasteiger partial charge in [-0.1, -0.05) is 32.6 Å². The van der Waals surface area contributed by atoms with Crippen LogP contribution in [-0.2, 0) is 14.3 Å². The van der Waals surface area contributed by atoms with Crippen molar-refractivity contribution in [3.8, 4) is 0 Å². The van der Waals surface area contributed by atoms with E-state index in [1.165, 1.54) is 0 Å². The van der Waals surface area contributed by atoms with Crippen LogP contribution in [0.2, 0.25) is 0 Å². The Morgan fingerprint density at radius 3 is 1.95 bits per heavy atom. The third kappa shape index (κ3) is 4.57. The monoisotopic (exact) mass is 308 g/mol. The number of carbonyl (C=O) groups excluding carboxylic acids is 2. The number of hydrogen-bond acceptors (Lipinski definition) is 3. The first-order chi connectivity index (χ1) is 10.3. The summed E-state index contributed by atoms with van der Waals surface area (Å²) in [5, 5.41) is 0. The van der Waals surface area contributed by atoms with E-state index in [1.807, 2.05) is 20.8 Å². The van der Waals surface area contributed by atoms with Crippen LogP contribution in [0.25, 0.3) is 0 Å². The number of Topliss-reactive ketones (excluding diaryl/α,β-unsaturated/α-hetero) is 1. The van der Waals surface area contributed by atoms with E-state index < -0.39 is 5.60 Å². The van der Waals surface area contributed by atoms with E-state index in [0.717, 1.165) is 57.3 Å². The van der Waals surface area contributed by atoms with Gasteiger partial charge in [-0.15, -0.1) is 0 Å². The zero-order chi connectivity index (χ0) is 16.3. The second-order valence-corrected chi connectivity index (χ2v) is 8.39. The molecule has 0 spiro atoms. The number of esters is 1. The van der Waals surface area contributed by atoms with Crippen LogP contribution in [0, 0.1) is 23.7 Å². The van der Waals surface area contributed by atoms with E-state index in [9.17, 15) is 9.59 Å². The van der Waals surface area contributed by atoms with Crippen LogP contribution in [-0.4, -0.2) is 17.4 Å². The smallest absolute Gasteiger partial charge is 0.310 e. The number of ether oxygens (including phenoxy) is 1. The summed E-state index contributed by atoms with van der Waals surface area (Å²) < 4.78 is 5.57. The van der Waals surface area contributed by atoms with Gasteiger partial charge in [0.2, 0.25) is 0 Å². The Labute approximate surface area is 135 Å². The molecule has 2 aliphatic rings. The van der Waals surface area contributed by atoms with Gasteiger partial charge in [-0.2, -0.15) is 0 Å². The molecule has 0 heterocycles. The zero-order valence-corrected chi connectivity index (χ0v) is 14.7. The third-order valence-electron chi connectivity index (χ3n) is 5.26. The Balaban J connectivity index is 2.02. The second kappa shape index (κ2) is 7.14. The van der Waals surface area contributed by atoms with Gasteiger partial charge in [-0.05, 0) is 52.4 Å². The van der Waals surface area contributed by atoms with E-state index in [4.69, 9.17) is 4.74 Å². The molecule has 3 nitrogen and oxygen atoms in total. The van der Waals surface area contributed by atoms with Crippen LogP contribution >= 0.6 is 0 Å². The summed E-state index contributed by atoms with van der Waals surface area (Å²) in [7, 11) is 0. The predicted octanol–water partition coefficient (Wildman–Crippen LogP) is 4.53. The first kappa shape index (κ1) is 17.5. The molecule has 2 rings (SSSR count). The van der Waals surface area contributed by atoms with Crippen molar-refractivity contribution in [2.75, 3.05) is 0 Å². The number of ketones is 1. The highest BCUT2D eigenvalue weighted by Gasteiger charge is 2.40. The number of rotatable bonds is 3. The van der Waals surface area contributed by atoms with Crippen LogP contribution in [0.1, 0.15) is 79.1 Å². The molecule has 2 fully saturated rings. The SMILES string of the molecule is CC1CCC(C(=O)[C@@H]2CCCC[C@H]2C(=O)OC(C)(C)C)CC1.